The van der Waals surface area contributed by atoms with Gasteiger partial charge in [0.2, 0.25) is 6.79 Å². The van der Waals surface area contributed by atoms with Crippen LogP contribution in [0.4, 0.5) is 0 Å². The van der Waals surface area contributed by atoms with Gasteiger partial charge in [-0.15, -0.1) is 0 Å². The molecule has 1 aromatic carbocycles. The van der Waals surface area contributed by atoms with Crippen molar-refractivity contribution in [1.29, 1.82) is 0 Å². The highest BCUT2D eigenvalue weighted by Crippen LogP contribution is 2.32. The summed E-state index contributed by atoms with van der Waals surface area (Å²) in [6, 6.07) is 10.1. The Morgan fingerprint density at radius 2 is 2.00 bits per heavy atom. The van der Waals surface area contributed by atoms with Crippen LogP contribution in [-0.2, 0) is 13.0 Å². The SMILES string of the molecule is CCNC(=NCCc1ccc2c(c1)OCO2)NCCn1cccc1. The quantitative estimate of drug-likeness (QED) is 0.603. The van der Waals surface area contributed by atoms with Crippen LogP contribution in [0.15, 0.2) is 47.7 Å². The van der Waals surface area contributed by atoms with Gasteiger partial charge in [-0.05, 0) is 43.2 Å². The molecular formula is C18H24N4O2. The van der Waals surface area contributed by atoms with Crippen LogP contribution < -0.4 is 20.1 Å². The summed E-state index contributed by atoms with van der Waals surface area (Å²) < 4.78 is 12.9. The number of nitrogens with one attached hydrogen (secondary N) is 2. The molecule has 0 saturated heterocycles. The fraction of sp³-hybridized carbons (Fsp3) is 0.389. The lowest BCUT2D eigenvalue weighted by Crippen LogP contribution is -2.39. The van der Waals surface area contributed by atoms with Gasteiger partial charge in [-0.3, -0.25) is 4.99 Å². The van der Waals surface area contributed by atoms with Gasteiger partial charge in [0.1, 0.15) is 0 Å². The number of guanidine groups is 1. The zero-order valence-corrected chi connectivity index (χ0v) is 14.0. The summed E-state index contributed by atoms with van der Waals surface area (Å²) >= 11 is 0. The van der Waals surface area contributed by atoms with Gasteiger partial charge in [-0.2, -0.15) is 0 Å². The van der Waals surface area contributed by atoms with Gasteiger partial charge < -0.3 is 24.7 Å². The maximum Gasteiger partial charge on any atom is 0.231 e. The first-order chi connectivity index (χ1) is 11.8. The maximum absolute atomic E-state index is 5.41. The molecule has 128 valence electrons. The van der Waals surface area contributed by atoms with Crippen LogP contribution in [0.2, 0.25) is 0 Å². The van der Waals surface area contributed by atoms with E-state index >= 15 is 0 Å². The molecule has 6 heteroatoms. The third kappa shape index (κ3) is 4.44. The summed E-state index contributed by atoms with van der Waals surface area (Å²) in [6.45, 7) is 5.70. The maximum atomic E-state index is 5.41. The summed E-state index contributed by atoms with van der Waals surface area (Å²) in [5, 5.41) is 6.64. The summed E-state index contributed by atoms with van der Waals surface area (Å²) in [6.07, 6.45) is 4.99. The fourth-order valence-corrected chi connectivity index (χ4v) is 2.56. The van der Waals surface area contributed by atoms with Gasteiger partial charge in [-0.25, -0.2) is 0 Å². The average molecular weight is 328 g/mol. The van der Waals surface area contributed by atoms with Crippen molar-refractivity contribution in [1.82, 2.24) is 15.2 Å². The molecule has 0 unspecified atom stereocenters. The molecule has 0 saturated carbocycles. The Balaban J connectivity index is 1.48. The smallest absolute Gasteiger partial charge is 0.231 e. The van der Waals surface area contributed by atoms with Crippen molar-refractivity contribution >= 4 is 5.96 Å². The van der Waals surface area contributed by atoms with E-state index in [1.54, 1.807) is 0 Å². The van der Waals surface area contributed by atoms with Crippen LogP contribution in [0.5, 0.6) is 11.5 Å². The lowest BCUT2D eigenvalue weighted by atomic mass is 10.1. The van der Waals surface area contributed by atoms with Crippen molar-refractivity contribution in [2.45, 2.75) is 19.9 Å². The van der Waals surface area contributed by atoms with E-state index in [4.69, 9.17) is 9.47 Å². The highest BCUT2D eigenvalue weighted by molar-refractivity contribution is 5.79. The largest absolute Gasteiger partial charge is 0.454 e. The average Bonchev–Trinajstić information content (AvgIpc) is 3.25. The van der Waals surface area contributed by atoms with E-state index in [-0.39, 0.29) is 0 Å². The Bertz CT molecular complexity index is 668. The van der Waals surface area contributed by atoms with Gasteiger partial charge >= 0.3 is 0 Å². The number of benzene rings is 1. The molecule has 0 radical (unpaired) electrons. The lowest BCUT2D eigenvalue weighted by Gasteiger charge is -2.11. The van der Waals surface area contributed by atoms with Crippen LogP contribution in [0.3, 0.4) is 0 Å². The molecule has 0 fully saturated rings. The van der Waals surface area contributed by atoms with Crippen molar-refractivity contribution in [2.24, 2.45) is 4.99 Å². The Morgan fingerprint density at radius 1 is 1.17 bits per heavy atom. The third-order valence-corrected chi connectivity index (χ3v) is 3.78. The molecule has 2 N–H and O–H groups in total. The third-order valence-electron chi connectivity index (χ3n) is 3.78. The number of rotatable bonds is 7. The van der Waals surface area contributed by atoms with Crippen molar-refractivity contribution in [3.63, 3.8) is 0 Å². The second-order valence-corrected chi connectivity index (χ2v) is 5.55. The molecule has 0 amide bonds. The van der Waals surface area contributed by atoms with E-state index in [0.29, 0.717) is 6.79 Å². The van der Waals surface area contributed by atoms with Crippen LogP contribution in [0.25, 0.3) is 0 Å². The zero-order chi connectivity index (χ0) is 16.6. The van der Waals surface area contributed by atoms with Gasteiger partial charge in [0.15, 0.2) is 17.5 Å². The minimum atomic E-state index is 0.312. The summed E-state index contributed by atoms with van der Waals surface area (Å²) in [7, 11) is 0. The van der Waals surface area contributed by atoms with Crippen LogP contribution >= 0.6 is 0 Å². The van der Waals surface area contributed by atoms with Crippen LogP contribution in [-0.4, -0.2) is 37.0 Å². The van der Waals surface area contributed by atoms with E-state index in [1.807, 2.05) is 24.3 Å². The minimum Gasteiger partial charge on any atom is -0.454 e. The lowest BCUT2D eigenvalue weighted by molar-refractivity contribution is 0.174. The van der Waals surface area contributed by atoms with Crippen molar-refractivity contribution < 1.29 is 9.47 Å². The number of hydrogen-bond donors (Lipinski definition) is 2. The van der Waals surface area contributed by atoms with Gasteiger partial charge in [0.05, 0.1) is 0 Å². The molecule has 6 nitrogen and oxygen atoms in total. The molecule has 24 heavy (non-hydrogen) atoms. The van der Waals surface area contributed by atoms with E-state index in [2.05, 4.69) is 45.6 Å². The van der Waals surface area contributed by atoms with E-state index in [0.717, 1.165) is 50.1 Å². The van der Waals surface area contributed by atoms with E-state index < -0.39 is 0 Å². The van der Waals surface area contributed by atoms with Crippen molar-refractivity contribution in [3.05, 3.63) is 48.3 Å². The number of aromatic nitrogens is 1. The second-order valence-electron chi connectivity index (χ2n) is 5.55. The standard InChI is InChI=1S/C18H24N4O2/c1-2-19-18(21-9-12-22-10-3-4-11-22)20-8-7-15-5-6-16-17(13-15)24-14-23-16/h3-6,10-11,13H,2,7-9,12,14H2,1H3,(H2,19,20,21). The van der Waals surface area contributed by atoms with Gasteiger partial charge in [-0.1, -0.05) is 6.07 Å². The second kappa shape index (κ2) is 8.29. The number of hydrogen-bond acceptors (Lipinski definition) is 3. The summed E-state index contributed by atoms with van der Waals surface area (Å²) in [5.41, 5.74) is 1.20. The van der Waals surface area contributed by atoms with Crippen LogP contribution in [0.1, 0.15) is 12.5 Å². The Hall–Kier alpha value is -2.63. The van der Waals surface area contributed by atoms with Crippen LogP contribution in [0, 0.1) is 0 Å². The minimum absolute atomic E-state index is 0.312. The normalized spacial score (nSPS) is 13.1. The Labute approximate surface area is 142 Å². The zero-order valence-electron chi connectivity index (χ0n) is 14.0. The molecule has 1 aliphatic rings. The van der Waals surface area contributed by atoms with Crippen molar-refractivity contribution in [2.75, 3.05) is 26.4 Å². The molecular weight excluding hydrogens is 304 g/mol. The number of ether oxygens (including phenoxy) is 2. The topological polar surface area (TPSA) is 59.8 Å². The molecule has 2 heterocycles. The molecule has 3 rings (SSSR count). The molecule has 0 bridgehead atoms. The summed E-state index contributed by atoms with van der Waals surface area (Å²) in [5.74, 6) is 2.50. The first-order valence-electron chi connectivity index (χ1n) is 8.36. The first-order valence-corrected chi connectivity index (χ1v) is 8.36. The number of nitrogens with zero attached hydrogens (tertiary/aromatic N) is 2. The van der Waals surface area contributed by atoms with E-state index in [1.165, 1.54) is 5.56 Å². The Morgan fingerprint density at radius 3 is 2.83 bits per heavy atom. The fourth-order valence-electron chi connectivity index (χ4n) is 2.56. The predicted molar refractivity (Wildman–Crippen MR) is 94.7 cm³/mol. The number of fused-ring (bicyclic) bond motifs is 1. The molecule has 0 atom stereocenters. The number of aliphatic imine (C=N–C) groups is 1. The molecule has 0 aliphatic carbocycles. The summed E-state index contributed by atoms with van der Waals surface area (Å²) in [4.78, 5) is 4.63. The monoisotopic (exact) mass is 328 g/mol. The predicted octanol–water partition coefficient (Wildman–Crippen LogP) is 2.01. The molecule has 0 spiro atoms. The van der Waals surface area contributed by atoms with Crippen molar-refractivity contribution in [3.8, 4) is 11.5 Å². The highest BCUT2D eigenvalue weighted by Gasteiger charge is 2.12. The van der Waals surface area contributed by atoms with Gasteiger partial charge in [0, 0.05) is 38.6 Å². The molecule has 1 aromatic heterocycles. The highest BCUT2D eigenvalue weighted by atomic mass is 16.7. The van der Waals surface area contributed by atoms with Gasteiger partial charge in [0.25, 0.3) is 0 Å². The first kappa shape index (κ1) is 16.2. The molecule has 1 aliphatic heterocycles. The molecule has 2 aromatic rings. The van der Waals surface area contributed by atoms with E-state index in [9.17, 15) is 0 Å². The Kier molecular flexibility index (Phi) is 5.61.